The van der Waals surface area contributed by atoms with Crippen molar-refractivity contribution in [1.82, 2.24) is 14.5 Å². The average Bonchev–Trinajstić information content (AvgIpc) is 3.52. The molecule has 4 rings (SSSR count). The third-order valence-corrected chi connectivity index (χ3v) is 8.49. The van der Waals surface area contributed by atoms with E-state index in [0.717, 1.165) is 40.1 Å². The van der Waals surface area contributed by atoms with Crippen LogP contribution in [0, 0.1) is 0 Å². The molecule has 3 aromatic rings. The highest BCUT2D eigenvalue weighted by molar-refractivity contribution is 7.88. The van der Waals surface area contributed by atoms with E-state index in [2.05, 4.69) is 5.32 Å². The van der Waals surface area contributed by atoms with E-state index in [1.54, 1.807) is 19.2 Å². The molecule has 0 aliphatic carbocycles. The minimum absolute atomic E-state index is 0.0381. The summed E-state index contributed by atoms with van der Waals surface area (Å²) in [5, 5.41) is 3.00. The third kappa shape index (κ3) is 9.14. The van der Waals surface area contributed by atoms with Crippen molar-refractivity contribution in [3.8, 4) is 5.75 Å². The number of hydrogen-bond acceptors (Lipinski definition) is 6. The molecule has 10 heteroatoms. The topological polar surface area (TPSA) is 105 Å². The highest BCUT2D eigenvalue weighted by Gasteiger charge is 2.33. The summed E-state index contributed by atoms with van der Waals surface area (Å²) in [6.07, 6.45) is 3.09. The summed E-state index contributed by atoms with van der Waals surface area (Å²) in [5.74, 6) is -0.122. The van der Waals surface area contributed by atoms with Crippen LogP contribution >= 0.6 is 0 Å². The summed E-state index contributed by atoms with van der Waals surface area (Å²) in [6.45, 7) is 0.748. The van der Waals surface area contributed by atoms with Crippen molar-refractivity contribution in [2.45, 2.75) is 44.5 Å². The predicted molar refractivity (Wildman–Crippen MR) is 161 cm³/mol. The first-order valence-corrected chi connectivity index (χ1v) is 15.9. The molecule has 3 aromatic carbocycles. The van der Waals surface area contributed by atoms with Gasteiger partial charge < -0.3 is 19.7 Å². The molecule has 0 radical (unpaired) electrons. The number of amides is 2. The van der Waals surface area contributed by atoms with Crippen LogP contribution in [0.25, 0.3) is 0 Å². The van der Waals surface area contributed by atoms with E-state index in [4.69, 9.17) is 9.47 Å². The lowest BCUT2D eigenvalue weighted by Crippen LogP contribution is -2.53. The fourth-order valence-corrected chi connectivity index (χ4v) is 5.67. The van der Waals surface area contributed by atoms with Gasteiger partial charge in [-0.15, -0.1) is 0 Å². The van der Waals surface area contributed by atoms with Gasteiger partial charge in [-0.3, -0.25) is 9.59 Å². The molecule has 9 nitrogen and oxygen atoms in total. The number of methoxy groups -OCH3 is 1. The van der Waals surface area contributed by atoms with Crippen LogP contribution in [0.3, 0.4) is 0 Å². The number of sulfonamides is 1. The van der Waals surface area contributed by atoms with E-state index in [1.807, 2.05) is 72.8 Å². The maximum atomic E-state index is 14.1. The Morgan fingerprint density at radius 3 is 2.12 bits per heavy atom. The number of benzene rings is 3. The normalized spacial score (nSPS) is 15.7. The molecule has 224 valence electrons. The molecule has 1 heterocycles. The zero-order valence-corrected chi connectivity index (χ0v) is 25.0. The van der Waals surface area contributed by atoms with Crippen molar-refractivity contribution in [2.24, 2.45) is 0 Å². The molecule has 1 aliphatic rings. The van der Waals surface area contributed by atoms with Gasteiger partial charge in [0.1, 0.15) is 11.8 Å². The zero-order chi connectivity index (χ0) is 30.0. The van der Waals surface area contributed by atoms with E-state index in [-0.39, 0.29) is 31.5 Å². The number of hydrogen-bond donors (Lipinski definition) is 1. The monoisotopic (exact) mass is 593 g/mol. The fraction of sp³-hybridized carbons (Fsp3) is 0.375. The van der Waals surface area contributed by atoms with Gasteiger partial charge in [0.05, 0.1) is 26.0 Å². The van der Waals surface area contributed by atoms with Crippen molar-refractivity contribution >= 4 is 21.8 Å². The third-order valence-electron chi connectivity index (χ3n) is 7.29. The summed E-state index contributed by atoms with van der Waals surface area (Å²) in [7, 11) is -2.17. The zero-order valence-electron chi connectivity index (χ0n) is 24.1. The summed E-state index contributed by atoms with van der Waals surface area (Å²) in [6, 6.07) is 25.0. The minimum atomic E-state index is -3.75. The van der Waals surface area contributed by atoms with Gasteiger partial charge in [0.25, 0.3) is 0 Å². The van der Waals surface area contributed by atoms with Gasteiger partial charge >= 0.3 is 0 Å². The second-order valence-corrected chi connectivity index (χ2v) is 12.5. The highest BCUT2D eigenvalue weighted by atomic mass is 32.2. The van der Waals surface area contributed by atoms with Gasteiger partial charge in [0, 0.05) is 32.7 Å². The van der Waals surface area contributed by atoms with Gasteiger partial charge in [0.15, 0.2) is 0 Å². The van der Waals surface area contributed by atoms with Crippen LogP contribution in [0.5, 0.6) is 5.75 Å². The van der Waals surface area contributed by atoms with E-state index >= 15 is 0 Å². The summed E-state index contributed by atoms with van der Waals surface area (Å²) in [4.78, 5) is 29.4. The maximum Gasteiger partial charge on any atom is 0.243 e. The van der Waals surface area contributed by atoms with E-state index in [1.165, 1.54) is 4.90 Å². The lowest BCUT2D eigenvalue weighted by Gasteiger charge is -2.33. The van der Waals surface area contributed by atoms with Gasteiger partial charge in [0.2, 0.25) is 21.8 Å². The Bertz CT molecular complexity index is 1400. The molecule has 2 atom stereocenters. The molecule has 2 amide bonds. The summed E-state index contributed by atoms with van der Waals surface area (Å²) >= 11 is 0. The number of rotatable bonds is 14. The first kappa shape index (κ1) is 31.2. The molecule has 0 spiro atoms. The second-order valence-electron chi connectivity index (χ2n) is 10.5. The van der Waals surface area contributed by atoms with Crippen LogP contribution in [0.15, 0.2) is 84.9 Å². The smallest absolute Gasteiger partial charge is 0.243 e. The molecule has 1 fully saturated rings. The van der Waals surface area contributed by atoms with E-state index in [9.17, 15) is 18.0 Å². The summed E-state index contributed by atoms with van der Waals surface area (Å²) < 4.78 is 37.8. The summed E-state index contributed by atoms with van der Waals surface area (Å²) in [5.41, 5.74) is 2.42. The number of carbonyl (C=O) groups is 2. The van der Waals surface area contributed by atoms with Gasteiger partial charge in [-0.25, -0.2) is 8.42 Å². The second kappa shape index (κ2) is 14.9. The Balaban J connectivity index is 1.65. The SMILES string of the molecule is COc1ccc(CN(C(=O)CN(Cc2ccccc2)S(C)(=O)=O)[C@H](Cc2ccccc2)C(=O)NC[C@H]2CCCO2)cc1. The molecule has 1 saturated heterocycles. The van der Waals surface area contributed by atoms with Gasteiger partial charge in [-0.05, 0) is 41.7 Å². The van der Waals surface area contributed by atoms with Crippen molar-refractivity contribution in [1.29, 1.82) is 0 Å². The molecule has 0 aromatic heterocycles. The number of carbonyl (C=O) groups excluding carboxylic acids is 2. The van der Waals surface area contributed by atoms with Crippen LogP contribution in [-0.2, 0) is 43.9 Å². The Morgan fingerprint density at radius 2 is 1.55 bits per heavy atom. The van der Waals surface area contributed by atoms with Crippen LogP contribution < -0.4 is 10.1 Å². The van der Waals surface area contributed by atoms with Gasteiger partial charge in [-0.2, -0.15) is 4.31 Å². The van der Waals surface area contributed by atoms with Crippen molar-refractivity contribution in [3.05, 3.63) is 102 Å². The van der Waals surface area contributed by atoms with Crippen LogP contribution in [0.2, 0.25) is 0 Å². The predicted octanol–water partition coefficient (Wildman–Crippen LogP) is 3.39. The maximum absolute atomic E-state index is 14.1. The molecule has 1 N–H and O–H groups in total. The molecule has 0 unspecified atom stereocenters. The largest absolute Gasteiger partial charge is 0.497 e. The number of nitrogens with zero attached hydrogens (tertiary/aromatic N) is 2. The minimum Gasteiger partial charge on any atom is -0.497 e. The lowest BCUT2D eigenvalue weighted by atomic mass is 10.0. The van der Waals surface area contributed by atoms with Crippen molar-refractivity contribution in [3.63, 3.8) is 0 Å². The van der Waals surface area contributed by atoms with Gasteiger partial charge in [-0.1, -0.05) is 72.8 Å². The Kier molecular flexibility index (Phi) is 11.1. The quantitative estimate of drug-likeness (QED) is 0.307. The molecule has 0 saturated carbocycles. The van der Waals surface area contributed by atoms with E-state index in [0.29, 0.717) is 18.9 Å². The lowest BCUT2D eigenvalue weighted by molar-refractivity contribution is -0.141. The fourth-order valence-electron chi connectivity index (χ4n) is 4.94. The molecule has 42 heavy (non-hydrogen) atoms. The Labute approximate surface area is 248 Å². The average molecular weight is 594 g/mol. The highest BCUT2D eigenvalue weighted by Crippen LogP contribution is 2.19. The molecular weight excluding hydrogens is 554 g/mol. The molecule has 0 bridgehead atoms. The van der Waals surface area contributed by atoms with Crippen molar-refractivity contribution < 1.29 is 27.5 Å². The van der Waals surface area contributed by atoms with Crippen LogP contribution in [-0.4, -0.2) is 74.6 Å². The number of nitrogens with one attached hydrogen (secondary N) is 1. The molecule has 1 aliphatic heterocycles. The first-order chi connectivity index (χ1) is 20.2. The van der Waals surface area contributed by atoms with E-state index < -0.39 is 28.5 Å². The Hall–Kier alpha value is -3.73. The standard InChI is InChI=1S/C32H39N3O6S/c1-40-28-17-15-27(16-18-28)23-35(31(36)24-34(42(2,38)39)22-26-12-7-4-8-13-26)30(20-25-10-5-3-6-11-25)32(37)33-21-29-14-9-19-41-29/h3-8,10-13,15-18,29-30H,9,14,19-24H2,1-2H3,(H,33,37)/t29-,30-/m1/s1. The Morgan fingerprint density at radius 1 is 0.929 bits per heavy atom. The van der Waals surface area contributed by atoms with Crippen LogP contribution in [0.1, 0.15) is 29.5 Å². The molecular formula is C32H39N3O6S. The van der Waals surface area contributed by atoms with Crippen LogP contribution in [0.4, 0.5) is 0 Å². The first-order valence-electron chi connectivity index (χ1n) is 14.1. The number of ether oxygens (including phenoxy) is 2. The van der Waals surface area contributed by atoms with Crippen molar-refractivity contribution in [2.75, 3.05) is 33.1 Å².